The molecule has 6 heteroatoms. The third-order valence-corrected chi connectivity index (χ3v) is 5.28. The first kappa shape index (κ1) is 20.0. The van der Waals surface area contributed by atoms with Crippen molar-refractivity contribution in [3.05, 3.63) is 53.1 Å². The van der Waals surface area contributed by atoms with Gasteiger partial charge in [-0.25, -0.2) is 0 Å². The normalized spacial score (nSPS) is 11.9. The molecule has 0 bridgehead atoms. The summed E-state index contributed by atoms with van der Waals surface area (Å²) < 4.78 is 30.6. The molecule has 5 nitrogen and oxygen atoms in total. The van der Waals surface area contributed by atoms with Crippen molar-refractivity contribution in [3.63, 3.8) is 0 Å². The first-order valence-electron chi connectivity index (χ1n) is 8.34. The highest BCUT2D eigenvalue weighted by atomic mass is 32.2. The molecular formula is C20H25NO4S. The predicted molar refractivity (Wildman–Crippen MR) is 103 cm³/mol. The minimum Gasteiger partial charge on any atom is -0.379 e. The summed E-state index contributed by atoms with van der Waals surface area (Å²) in [5, 5.41) is 2.63. The van der Waals surface area contributed by atoms with E-state index >= 15 is 0 Å². The van der Waals surface area contributed by atoms with Crippen LogP contribution in [-0.4, -0.2) is 14.3 Å². The van der Waals surface area contributed by atoms with Crippen molar-refractivity contribution in [3.8, 4) is 5.75 Å². The molecule has 0 aliphatic carbocycles. The van der Waals surface area contributed by atoms with Gasteiger partial charge < -0.3 is 9.50 Å². The van der Waals surface area contributed by atoms with Crippen LogP contribution >= 0.6 is 0 Å². The molecule has 0 aliphatic heterocycles. The zero-order valence-electron chi connectivity index (χ0n) is 16.0. The van der Waals surface area contributed by atoms with E-state index in [1.54, 1.807) is 19.1 Å². The van der Waals surface area contributed by atoms with Crippen molar-refractivity contribution in [2.45, 2.75) is 51.9 Å². The molecule has 0 atom stereocenters. The van der Waals surface area contributed by atoms with Gasteiger partial charge in [0.25, 0.3) is 0 Å². The zero-order valence-corrected chi connectivity index (χ0v) is 16.8. The smallest absolute Gasteiger partial charge is 0.339 e. The van der Waals surface area contributed by atoms with Gasteiger partial charge in [0, 0.05) is 12.6 Å². The third-order valence-electron chi connectivity index (χ3n) is 4.05. The molecule has 140 valence electrons. The highest BCUT2D eigenvalue weighted by Crippen LogP contribution is 2.30. The minimum absolute atomic E-state index is 0.00820. The summed E-state index contributed by atoms with van der Waals surface area (Å²) in [6.07, 6.45) is 0. The molecule has 0 fully saturated rings. The molecule has 0 saturated carbocycles. The van der Waals surface area contributed by atoms with Crippen molar-refractivity contribution >= 4 is 21.7 Å². The van der Waals surface area contributed by atoms with Crippen LogP contribution in [0, 0.1) is 13.8 Å². The van der Waals surface area contributed by atoms with Crippen molar-refractivity contribution in [1.82, 2.24) is 0 Å². The van der Waals surface area contributed by atoms with E-state index in [1.807, 2.05) is 19.1 Å². The Labute approximate surface area is 155 Å². The van der Waals surface area contributed by atoms with Crippen LogP contribution in [0.5, 0.6) is 5.75 Å². The zero-order chi connectivity index (χ0) is 19.7. The summed E-state index contributed by atoms with van der Waals surface area (Å²) >= 11 is 0. The maximum atomic E-state index is 12.7. The Bertz CT molecular complexity index is 941. The van der Waals surface area contributed by atoms with E-state index < -0.39 is 10.1 Å². The van der Waals surface area contributed by atoms with E-state index in [0.717, 1.165) is 16.7 Å². The van der Waals surface area contributed by atoms with Crippen molar-refractivity contribution in [2.75, 3.05) is 5.32 Å². The number of nitrogens with one attached hydrogen (secondary N) is 1. The van der Waals surface area contributed by atoms with Crippen LogP contribution in [0.3, 0.4) is 0 Å². The van der Waals surface area contributed by atoms with Crippen molar-refractivity contribution < 1.29 is 17.4 Å². The molecule has 0 aliphatic rings. The molecule has 26 heavy (non-hydrogen) atoms. The number of amides is 1. The highest BCUT2D eigenvalue weighted by molar-refractivity contribution is 7.87. The van der Waals surface area contributed by atoms with E-state index in [-0.39, 0.29) is 16.2 Å². The second-order valence-electron chi connectivity index (χ2n) is 7.43. The monoisotopic (exact) mass is 375 g/mol. The van der Waals surface area contributed by atoms with Gasteiger partial charge in [-0.1, -0.05) is 39.0 Å². The second kappa shape index (κ2) is 7.11. The molecular weight excluding hydrogens is 350 g/mol. The van der Waals surface area contributed by atoms with Gasteiger partial charge >= 0.3 is 10.1 Å². The van der Waals surface area contributed by atoms with Gasteiger partial charge in [-0.2, -0.15) is 8.42 Å². The lowest BCUT2D eigenvalue weighted by Crippen LogP contribution is -2.14. The summed E-state index contributed by atoms with van der Waals surface area (Å²) in [6, 6.07) is 9.99. The van der Waals surface area contributed by atoms with Crippen LogP contribution in [0.4, 0.5) is 5.69 Å². The van der Waals surface area contributed by atoms with Crippen LogP contribution in [0.1, 0.15) is 44.4 Å². The average molecular weight is 375 g/mol. The molecule has 0 spiro atoms. The van der Waals surface area contributed by atoms with Crippen LogP contribution < -0.4 is 9.50 Å². The summed E-state index contributed by atoms with van der Waals surface area (Å²) in [5.41, 5.74) is 3.02. The summed E-state index contributed by atoms with van der Waals surface area (Å²) in [7, 11) is -4.01. The largest absolute Gasteiger partial charge is 0.379 e. The molecule has 0 saturated heterocycles. The Morgan fingerprint density at radius 3 is 2.19 bits per heavy atom. The van der Waals surface area contributed by atoms with E-state index in [2.05, 4.69) is 26.1 Å². The molecule has 0 radical (unpaired) electrons. The molecule has 0 heterocycles. The molecule has 1 amide bonds. The quantitative estimate of drug-likeness (QED) is 0.808. The summed E-state index contributed by atoms with van der Waals surface area (Å²) in [4.78, 5) is 11.3. The van der Waals surface area contributed by atoms with Crippen molar-refractivity contribution in [2.24, 2.45) is 0 Å². The van der Waals surface area contributed by atoms with Gasteiger partial charge in [-0.05, 0) is 54.2 Å². The molecule has 2 rings (SSSR count). The number of carbonyl (C=O) groups is 1. The molecule has 2 aromatic carbocycles. The highest BCUT2D eigenvalue weighted by Gasteiger charge is 2.21. The fourth-order valence-corrected chi connectivity index (χ4v) is 3.47. The Balaban J connectivity index is 2.36. The van der Waals surface area contributed by atoms with Crippen molar-refractivity contribution in [1.29, 1.82) is 0 Å². The van der Waals surface area contributed by atoms with Gasteiger partial charge in [-0.3, -0.25) is 4.79 Å². The molecule has 0 aromatic heterocycles. The number of rotatable bonds is 4. The third kappa shape index (κ3) is 4.64. The SMILES string of the molecule is CC(=O)Nc1cc(S(=O)(=O)Oc2ccc(C(C)(C)C)cc2C)ccc1C. The van der Waals surface area contributed by atoms with E-state index in [4.69, 9.17) is 4.18 Å². The fourth-order valence-electron chi connectivity index (χ4n) is 2.46. The van der Waals surface area contributed by atoms with Gasteiger partial charge in [-0.15, -0.1) is 0 Å². The number of hydrogen-bond acceptors (Lipinski definition) is 4. The van der Waals surface area contributed by atoms with E-state index in [1.165, 1.54) is 19.1 Å². The first-order chi connectivity index (χ1) is 11.9. The molecule has 2 aromatic rings. The first-order valence-corrected chi connectivity index (χ1v) is 9.75. The van der Waals surface area contributed by atoms with Crippen LogP contribution in [0.15, 0.2) is 41.3 Å². The van der Waals surface area contributed by atoms with Gasteiger partial charge in [0.05, 0.1) is 0 Å². The Kier molecular flexibility index (Phi) is 5.47. The standard InChI is InChI=1S/C20H25NO4S/c1-13-7-9-17(12-18(13)21-15(3)22)26(23,24)25-19-10-8-16(11-14(19)2)20(4,5)6/h7-12H,1-6H3,(H,21,22). The summed E-state index contributed by atoms with van der Waals surface area (Å²) in [5.74, 6) is 0.0248. The lowest BCUT2D eigenvalue weighted by atomic mass is 9.86. The number of anilines is 1. The Hall–Kier alpha value is -2.34. The van der Waals surface area contributed by atoms with Crippen LogP contribution in [0.25, 0.3) is 0 Å². The summed E-state index contributed by atoms with van der Waals surface area (Å²) in [6.45, 7) is 11.3. The van der Waals surface area contributed by atoms with E-state index in [9.17, 15) is 13.2 Å². The average Bonchev–Trinajstić information content (AvgIpc) is 2.49. The minimum atomic E-state index is -4.01. The van der Waals surface area contributed by atoms with Crippen LogP contribution in [0.2, 0.25) is 0 Å². The second-order valence-corrected chi connectivity index (χ2v) is 8.97. The van der Waals surface area contributed by atoms with Crippen LogP contribution in [-0.2, 0) is 20.3 Å². The number of benzene rings is 2. The number of carbonyl (C=O) groups excluding carboxylic acids is 1. The van der Waals surface area contributed by atoms with Gasteiger partial charge in [0.1, 0.15) is 10.6 Å². The maximum Gasteiger partial charge on any atom is 0.339 e. The van der Waals surface area contributed by atoms with Gasteiger partial charge in [0.15, 0.2) is 0 Å². The topological polar surface area (TPSA) is 72.5 Å². The Morgan fingerprint density at radius 1 is 1.00 bits per heavy atom. The maximum absolute atomic E-state index is 12.7. The number of hydrogen-bond donors (Lipinski definition) is 1. The molecule has 1 N–H and O–H groups in total. The van der Waals surface area contributed by atoms with E-state index in [0.29, 0.717) is 11.4 Å². The Morgan fingerprint density at radius 2 is 1.65 bits per heavy atom. The predicted octanol–water partition coefficient (Wildman–Crippen LogP) is 4.33. The lowest BCUT2D eigenvalue weighted by molar-refractivity contribution is -0.114. The van der Waals surface area contributed by atoms with Gasteiger partial charge in [0.2, 0.25) is 5.91 Å². The fraction of sp³-hybridized carbons (Fsp3) is 0.350. The number of aryl methyl sites for hydroxylation is 2. The molecule has 0 unspecified atom stereocenters. The lowest BCUT2D eigenvalue weighted by Gasteiger charge is -2.20.